The van der Waals surface area contributed by atoms with Gasteiger partial charge in [-0.15, -0.1) is 10.2 Å². The SMILES string of the molecule is CS(=O)(=O)Nc1cc(C(O)CNC2CCN(c3ccc(-c4nnn(CC(=O)O)n4)cc3)CC2)ccc1O. The zero-order valence-electron chi connectivity index (χ0n) is 20.1. The number of carboxylic acid groups (broad SMARTS) is 1. The van der Waals surface area contributed by atoms with E-state index in [1.54, 1.807) is 6.07 Å². The molecule has 0 radical (unpaired) electrons. The van der Waals surface area contributed by atoms with Gasteiger partial charge in [0.1, 0.15) is 5.75 Å². The van der Waals surface area contributed by atoms with Gasteiger partial charge in [0.25, 0.3) is 0 Å². The summed E-state index contributed by atoms with van der Waals surface area (Å²) < 4.78 is 25.2. The Balaban J connectivity index is 1.27. The number of hydrogen-bond acceptors (Lipinski definition) is 10. The second-order valence-corrected chi connectivity index (χ2v) is 10.7. The number of carboxylic acids is 1. The fraction of sp³-hybridized carbons (Fsp3) is 0.391. The first-order chi connectivity index (χ1) is 17.6. The van der Waals surface area contributed by atoms with E-state index in [9.17, 15) is 23.4 Å². The predicted octanol–water partition coefficient (Wildman–Crippen LogP) is 0.794. The average molecular weight is 532 g/mol. The zero-order valence-corrected chi connectivity index (χ0v) is 21.0. The molecule has 1 aromatic heterocycles. The number of phenolic OH excluding ortho intramolecular Hbond substituents is 1. The Kier molecular flexibility index (Phi) is 7.90. The van der Waals surface area contributed by atoms with E-state index < -0.39 is 22.1 Å². The number of sulfonamides is 1. The van der Waals surface area contributed by atoms with Gasteiger partial charge in [-0.2, -0.15) is 4.80 Å². The van der Waals surface area contributed by atoms with Crippen LogP contribution in [0.2, 0.25) is 0 Å². The molecule has 2 aromatic carbocycles. The maximum Gasteiger partial charge on any atom is 0.327 e. The van der Waals surface area contributed by atoms with Crippen LogP contribution in [0.1, 0.15) is 24.5 Å². The van der Waals surface area contributed by atoms with E-state index in [-0.39, 0.29) is 30.6 Å². The van der Waals surface area contributed by atoms with Gasteiger partial charge in [0.2, 0.25) is 15.8 Å². The number of nitrogens with zero attached hydrogens (tertiary/aromatic N) is 5. The van der Waals surface area contributed by atoms with Crippen LogP contribution < -0.4 is 14.9 Å². The van der Waals surface area contributed by atoms with Crippen molar-refractivity contribution in [2.24, 2.45) is 0 Å². The fourth-order valence-electron chi connectivity index (χ4n) is 4.15. The Labute approximate surface area is 213 Å². The highest BCUT2D eigenvalue weighted by Gasteiger charge is 2.21. The number of aromatic nitrogens is 4. The molecule has 13 nitrogen and oxygen atoms in total. The molecule has 1 unspecified atom stereocenters. The van der Waals surface area contributed by atoms with Gasteiger partial charge in [-0.25, -0.2) is 8.42 Å². The van der Waals surface area contributed by atoms with E-state index in [2.05, 4.69) is 30.3 Å². The number of aromatic hydroxyl groups is 1. The van der Waals surface area contributed by atoms with Crippen LogP contribution >= 0.6 is 0 Å². The second-order valence-electron chi connectivity index (χ2n) is 8.92. The highest BCUT2D eigenvalue weighted by atomic mass is 32.2. The standard InChI is InChI=1S/C23H29N7O6S/c1-37(35,36)27-19-12-16(4-7-20(19)31)21(32)13-24-17-8-10-29(11-9-17)18-5-2-15(3-6-18)23-25-28-30(26-23)14-22(33)34/h2-7,12,17,21,24,27,31-32H,8-11,13-14H2,1H3,(H,33,34). The Morgan fingerprint density at radius 3 is 2.51 bits per heavy atom. The number of rotatable bonds is 10. The number of aliphatic carboxylic acids is 1. The van der Waals surface area contributed by atoms with Gasteiger partial charge in [0.05, 0.1) is 18.0 Å². The first-order valence-corrected chi connectivity index (χ1v) is 13.5. The largest absolute Gasteiger partial charge is 0.506 e. The third-order valence-electron chi connectivity index (χ3n) is 6.02. The summed E-state index contributed by atoms with van der Waals surface area (Å²) in [5, 5.41) is 44.4. The van der Waals surface area contributed by atoms with E-state index in [1.165, 1.54) is 12.1 Å². The molecule has 0 bridgehead atoms. The van der Waals surface area contributed by atoms with E-state index in [0.29, 0.717) is 11.4 Å². The summed E-state index contributed by atoms with van der Waals surface area (Å²) in [5.74, 6) is -0.888. The van der Waals surface area contributed by atoms with Crippen LogP contribution in [0.15, 0.2) is 42.5 Å². The van der Waals surface area contributed by atoms with Crippen molar-refractivity contribution in [1.82, 2.24) is 25.5 Å². The molecule has 1 saturated heterocycles. The molecule has 0 amide bonds. The summed E-state index contributed by atoms with van der Waals surface area (Å²) in [5.41, 5.74) is 2.32. The fourth-order valence-corrected chi connectivity index (χ4v) is 4.71. The maximum absolute atomic E-state index is 11.5. The summed E-state index contributed by atoms with van der Waals surface area (Å²) in [6.07, 6.45) is 1.87. The summed E-state index contributed by atoms with van der Waals surface area (Å²) in [6, 6.07) is 12.2. The lowest BCUT2D eigenvalue weighted by molar-refractivity contribution is -0.138. The molecule has 198 valence electrons. The topological polar surface area (TPSA) is 183 Å². The van der Waals surface area contributed by atoms with Crippen LogP contribution in [0.3, 0.4) is 0 Å². The molecule has 1 aliphatic heterocycles. The molecule has 1 aliphatic rings. The van der Waals surface area contributed by atoms with Crippen molar-refractivity contribution < 1.29 is 28.5 Å². The molecule has 3 aromatic rings. The predicted molar refractivity (Wildman–Crippen MR) is 136 cm³/mol. The zero-order chi connectivity index (χ0) is 26.6. The van der Waals surface area contributed by atoms with Gasteiger partial charge in [-0.1, -0.05) is 6.07 Å². The Morgan fingerprint density at radius 1 is 1.16 bits per heavy atom. The van der Waals surface area contributed by atoms with Crippen LogP contribution in [0.25, 0.3) is 11.4 Å². The van der Waals surface area contributed by atoms with Crippen LogP contribution in [0, 0.1) is 0 Å². The van der Waals surface area contributed by atoms with Crippen molar-refractivity contribution in [2.45, 2.75) is 31.5 Å². The molecule has 0 aliphatic carbocycles. The normalized spacial score (nSPS) is 15.5. The number of anilines is 2. The highest BCUT2D eigenvalue weighted by Crippen LogP contribution is 2.28. The Morgan fingerprint density at radius 2 is 1.86 bits per heavy atom. The molecule has 1 fully saturated rings. The lowest BCUT2D eigenvalue weighted by atomic mass is 10.0. The number of aliphatic hydroxyl groups is 1. The average Bonchev–Trinajstić information content (AvgIpc) is 3.31. The van der Waals surface area contributed by atoms with Crippen molar-refractivity contribution in [1.29, 1.82) is 0 Å². The second kappa shape index (κ2) is 11.1. The van der Waals surface area contributed by atoms with Gasteiger partial charge < -0.3 is 25.5 Å². The molecule has 1 atom stereocenters. The minimum absolute atomic E-state index is 0.0269. The van der Waals surface area contributed by atoms with E-state index in [1.807, 2.05) is 24.3 Å². The number of nitrogens with one attached hydrogen (secondary N) is 2. The van der Waals surface area contributed by atoms with E-state index in [0.717, 1.165) is 48.2 Å². The van der Waals surface area contributed by atoms with Crippen molar-refractivity contribution in [3.8, 4) is 17.1 Å². The molecule has 5 N–H and O–H groups in total. The number of piperidine rings is 1. The minimum atomic E-state index is -3.56. The molecule has 37 heavy (non-hydrogen) atoms. The highest BCUT2D eigenvalue weighted by molar-refractivity contribution is 7.92. The number of benzene rings is 2. The summed E-state index contributed by atoms with van der Waals surface area (Å²) in [4.78, 5) is 14.1. The third kappa shape index (κ3) is 7.15. The lowest BCUT2D eigenvalue weighted by Gasteiger charge is -2.34. The van der Waals surface area contributed by atoms with Gasteiger partial charge in [0, 0.05) is 36.9 Å². The smallest absolute Gasteiger partial charge is 0.327 e. The van der Waals surface area contributed by atoms with E-state index >= 15 is 0 Å². The number of aliphatic hydroxyl groups excluding tert-OH is 1. The summed E-state index contributed by atoms with van der Waals surface area (Å²) >= 11 is 0. The number of phenols is 1. The number of tetrazole rings is 1. The molecule has 14 heteroatoms. The molecular weight excluding hydrogens is 502 g/mol. The van der Waals surface area contributed by atoms with Crippen LogP contribution in [0.4, 0.5) is 11.4 Å². The quantitative estimate of drug-likeness (QED) is 0.233. The van der Waals surface area contributed by atoms with Crippen molar-refractivity contribution >= 4 is 27.4 Å². The van der Waals surface area contributed by atoms with Crippen molar-refractivity contribution in [2.75, 3.05) is 35.5 Å². The molecule has 2 heterocycles. The van der Waals surface area contributed by atoms with Crippen molar-refractivity contribution in [3.63, 3.8) is 0 Å². The molecule has 0 saturated carbocycles. The molecule has 4 rings (SSSR count). The van der Waals surface area contributed by atoms with Crippen LogP contribution in [-0.2, 0) is 21.4 Å². The third-order valence-corrected chi connectivity index (χ3v) is 6.61. The van der Waals surface area contributed by atoms with Gasteiger partial charge >= 0.3 is 5.97 Å². The van der Waals surface area contributed by atoms with Crippen LogP contribution in [-0.4, -0.2) is 81.8 Å². The minimum Gasteiger partial charge on any atom is -0.506 e. The first-order valence-electron chi connectivity index (χ1n) is 11.6. The summed E-state index contributed by atoms with van der Waals surface area (Å²) in [7, 11) is -3.56. The van der Waals surface area contributed by atoms with Gasteiger partial charge in [-0.05, 0) is 60.0 Å². The monoisotopic (exact) mass is 531 g/mol. The van der Waals surface area contributed by atoms with Crippen molar-refractivity contribution in [3.05, 3.63) is 48.0 Å². The van der Waals surface area contributed by atoms with E-state index in [4.69, 9.17) is 5.11 Å². The molecular formula is C23H29N7O6S. The first kappa shape index (κ1) is 26.3. The number of carbonyl (C=O) groups is 1. The van der Waals surface area contributed by atoms with Crippen LogP contribution in [0.5, 0.6) is 5.75 Å². The Hall–Kier alpha value is -3.75. The van der Waals surface area contributed by atoms with Gasteiger partial charge in [0.15, 0.2) is 6.54 Å². The Bertz CT molecular complexity index is 1340. The maximum atomic E-state index is 11.5. The molecule has 0 spiro atoms. The summed E-state index contributed by atoms with van der Waals surface area (Å²) in [6.45, 7) is 1.59. The number of hydrogen-bond donors (Lipinski definition) is 5. The van der Waals surface area contributed by atoms with Gasteiger partial charge in [-0.3, -0.25) is 9.52 Å². The lowest BCUT2D eigenvalue weighted by Crippen LogP contribution is -2.43.